The number of hydrogen-bond acceptors (Lipinski definition) is 4. The fourth-order valence-electron chi connectivity index (χ4n) is 2.30. The molecular formula is C18H24N4O3. The Bertz CT molecular complexity index is 744. The smallest absolute Gasteiger partial charge is 0.266 e. The average Bonchev–Trinajstić information content (AvgIpc) is 2.99. The van der Waals surface area contributed by atoms with Crippen LogP contribution in [0.25, 0.3) is 11.1 Å². The van der Waals surface area contributed by atoms with Crippen LogP contribution in [0.5, 0.6) is 0 Å². The minimum atomic E-state index is -0.846. The van der Waals surface area contributed by atoms with Crippen molar-refractivity contribution in [2.24, 2.45) is 12.5 Å². The molecule has 0 bridgehead atoms. The maximum atomic E-state index is 12.1. The van der Waals surface area contributed by atoms with Crippen LogP contribution in [0.2, 0.25) is 0 Å². The van der Waals surface area contributed by atoms with Gasteiger partial charge in [0, 0.05) is 30.6 Å². The molecule has 0 aliphatic heterocycles. The Balaban J connectivity index is 2.13. The summed E-state index contributed by atoms with van der Waals surface area (Å²) in [4.78, 5) is 24.0. The predicted octanol–water partition coefficient (Wildman–Crippen LogP) is 1.67. The molecule has 0 spiro atoms. The molecule has 0 aliphatic rings. The molecule has 25 heavy (non-hydrogen) atoms. The van der Waals surface area contributed by atoms with Crippen LogP contribution < -0.4 is 10.8 Å². The lowest BCUT2D eigenvalue weighted by atomic mass is 9.94. The normalized spacial score (nSPS) is 12.5. The van der Waals surface area contributed by atoms with E-state index in [0.29, 0.717) is 0 Å². The molecular weight excluding hydrogens is 320 g/mol. The molecule has 0 saturated carbocycles. The van der Waals surface area contributed by atoms with Crippen LogP contribution in [0.15, 0.2) is 36.7 Å². The van der Waals surface area contributed by atoms with Crippen molar-refractivity contribution < 1.29 is 14.8 Å². The second-order valence-electron chi connectivity index (χ2n) is 7.06. The van der Waals surface area contributed by atoms with Gasteiger partial charge < -0.3 is 5.32 Å². The van der Waals surface area contributed by atoms with Gasteiger partial charge in [-0.25, -0.2) is 5.48 Å². The van der Waals surface area contributed by atoms with Crippen LogP contribution in [-0.2, 0) is 23.1 Å². The van der Waals surface area contributed by atoms with Gasteiger partial charge in [-0.15, -0.1) is 0 Å². The standard InChI is InChI=1S/C18H24N4O3/c1-18(2,3)17(24)20-15(16(23)21-25)9-12-5-7-13(8-6-12)14-10-19-22(4)11-14/h5-8,10-11,15,25H,9H2,1-4H3,(H,20,24)(H,21,23). The zero-order valence-electron chi connectivity index (χ0n) is 14.9. The van der Waals surface area contributed by atoms with Crippen molar-refractivity contribution in [1.29, 1.82) is 0 Å². The lowest BCUT2D eigenvalue weighted by molar-refractivity contribution is -0.137. The van der Waals surface area contributed by atoms with Gasteiger partial charge >= 0.3 is 0 Å². The van der Waals surface area contributed by atoms with Gasteiger partial charge in [0.25, 0.3) is 5.91 Å². The lowest BCUT2D eigenvalue weighted by Crippen LogP contribution is -2.50. The fourth-order valence-corrected chi connectivity index (χ4v) is 2.30. The van der Waals surface area contributed by atoms with E-state index in [2.05, 4.69) is 10.4 Å². The molecule has 134 valence electrons. The van der Waals surface area contributed by atoms with E-state index in [4.69, 9.17) is 5.21 Å². The van der Waals surface area contributed by atoms with E-state index in [1.54, 1.807) is 37.1 Å². The molecule has 0 radical (unpaired) electrons. The molecule has 2 aromatic rings. The first-order valence-corrected chi connectivity index (χ1v) is 8.03. The highest BCUT2D eigenvalue weighted by Crippen LogP contribution is 2.20. The van der Waals surface area contributed by atoms with Crippen LogP contribution >= 0.6 is 0 Å². The Labute approximate surface area is 147 Å². The zero-order chi connectivity index (χ0) is 18.6. The first kappa shape index (κ1) is 18.7. The molecule has 7 nitrogen and oxygen atoms in total. The maximum absolute atomic E-state index is 12.1. The van der Waals surface area contributed by atoms with E-state index in [9.17, 15) is 9.59 Å². The molecule has 1 heterocycles. The maximum Gasteiger partial charge on any atom is 0.266 e. The Hall–Kier alpha value is -2.67. The quantitative estimate of drug-likeness (QED) is 0.568. The highest BCUT2D eigenvalue weighted by Gasteiger charge is 2.27. The first-order chi connectivity index (χ1) is 11.7. The number of aryl methyl sites for hydroxylation is 1. The third-order valence-corrected chi connectivity index (χ3v) is 3.85. The fraction of sp³-hybridized carbons (Fsp3) is 0.389. The Morgan fingerprint density at radius 3 is 2.32 bits per heavy atom. The minimum absolute atomic E-state index is 0.256. The SMILES string of the molecule is Cn1cc(-c2ccc(CC(NC(=O)C(C)(C)C)C(=O)NO)cc2)cn1. The molecule has 0 saturated heterocycles. The van der Waals surface area contributed by atoms with Crippen LogP contribution in [0.4, 0.5) is 0 Å². The summed E-state index contributed by atoms with van der Waals surface area (Å²) in [6, 6.07) is 6.81. The number of benzene rings is 1. The number of rotatable bonds is 5. The van der Waals surface area contributed by atoms with Gasteiger partial charge in [0.15, 0.2) is 0 Å². The van der Waals surface area contributed by atoms with Crippen molar-refractivity contribution >= 4 is 11.8 Å². The van der Waals surface area contributed by atoms with Crippen LogP contribution in [-0.4, -0.2) is 32.8 Å². The summed E-state index contributed by atoms with van der Waals surface area (Å²) in [5.74, 6) is -0.901. The summed E-state index contributed by atoms with van der Waals surface area (Å²) in [6.07, 6.45) is 3.97. The number of carbonyl (C=O) groups excluding carboxylic acids is 2. The summed E-state index contributed by atoms with van der Waals surface area (Å²) < 4.78 is 1.73. The van der Waals surface area contributed by atoms with Gasteiger partial charge in [0.2, 0.25) is 5.91 Å². The average molecular weight is 344 g/mol. The van der Waals surface area contributed by atoms with E-state index in [1.165, 1.54) is 0 Å². The second kappa shape index (κ2) is 7.48. The number of aromatic nitrogens is 2. The highest BCUT2D eigenvalue weighted by atomic mass is 16.5. The number of carbonyl (C=O) groups is 2. The van der Waals surface area contributed by atoms with Crippen molar-refractivity contribution in [2.45, 2.75) is 33.2 Å². The molecule has 1 atom stereocenters. The van der Waals surface area contributed by atoms with Crippen molar-refractivity contribution in [3.63, 3.8) is 0 Å². The number of hydrogen-bond donors (Lipinski definition) is 3. The van der Waals surface area contributed by atoms with Crippen LogP contribution in [0, 0.1) is 5.41 Å². The summed E-state index contributed by atoms with van der Waals surface area (Å²) in [6.45, 7) is 5.29. The van der Waals surface area contributed by atoms with Gasteiger partial charge in [-0.2, -0.15) is 5.10 Å². The Kier molecular flexibility index (Phi) is 5.58. The number of nitrogens with zero attached hydrogens (tertiary/aromatic N) is 2. The monoisotopic (exact) mass is 344 g/mol. The van der Waals surface area contributed by atoms with Gasteiger partial charge in [0.1, 0.15) is 6.04 Å². The second-order valence-corrected chi connectivity index (χ2v) is 7.06. The molecule has 2 amide bonds. The first-order valence-electron chi connectivity index (χ1n) is 8.03. The summed E-state index contributed by atoms with van der Waals surface area (Å²) >= 11 is 0. The molecule has 2 rings (SSSR count). The van der Waals surface area contributed by atoms with Crippen LogP contribution in [0.1, 0.15) is 26.3 Å². The topological polar surface area (TPSA) is 96.2 Å². The largest absolute Gasteiger partial charge is 0.343 e. The van der Waals surface area contributed by atoms with Crippen molar-refractivity contribution in [1.82, 2.24) is 20.6 Å². The highest BCUT2D eigenvalue weighted by molar-refractivity contribution is 5.89. The predicted molar refractivity (Wildman–Crippen MR) is 93.7 cm³/mol. The van der Waals surface area contributed by atoms with E-state index in [1.807, 2.05) is 37.5 Å². The van der Waals surface area contributed by atoms with Gasteiger partial charge in [0.05, 0.1) is 6.20 Å². The summed E-state index contributed by atoms with van der Waals surface area (Å²) in [7, 11) is 1.86. The van der Waals surface area contributed by atoms with E-state index in [-0.39, 0.29) is 12.3 Å². The third kappa shape index (κ3) is 4.90. The molecule has 0 fully saturated rings. The summed E-state index contributed by atoms with van der Waals surface area (Å²) in [5, 5.41) is 15.8. The Morgan fingerprint density at radius 1 is 1.20 bits per heavy atom. The minimum Gasteiger partial charge on any atom is -0.343 e. The van der Waals surface area contributed by atoms with E-state index < -0.39 is 17.4 Å². The van der Waals surface area contributed by atoms with Crippen molar-refractivity contribution in [3.05, 3.63) is 42.2 Å². The molecule has 3 N–H and O–H groups in total. The molecule has 1 aromatic heterocycles. The third-order valence-electron chi connectivity index (χ3n) is 3.85. The Morgan fingerprint density at radius 2 is 1.84 bits per heavy atom. The summed E-state index contributed by atoms with van der Waals surface area (Å²) in [5.41, 5.74) is 3.87. The van der Waals surface area contributed by atoms with Crippen molar-refractivity contribution in [2.75, 3.05) is 0 Å². The van der Waals surface area contributed by atoms with E-state index in [0.717, 1.165) is 16.7 Å². The molecule has 1 unspecified atom stereocenters. The lowest BCUT2D eigenvalue weighted by Gasteiger charge is -2.23. The number of amides is 2. The van der Waals surface area contributed by atoms with Gasteiger partial charge in [-0.3, -0.25) is 19.5 Å². The van der Waals surface area contributed by atoms with Crippen molar-refractivity contribution in [3.8, 4) is 11.1 Å². The van der Waals surface area contributed by atoms with Gasteiger partial charge in [-0.05, 0) is 11.1 Å². The zero-order valence-corrected chi connectivity index (χ0v) is 14.9. The van der Waals surface area contributed by atoms with Gasteiger partial charge in [-0.1, -0.05) is 45.0 Å². The van der Waals surface area contributed by atoms with Crippen LogP contribution in [0.3, 0.4) is 0 Å². The number of hydroxylamine groups is 1. The molecule has 7 heteroatoms. The number of nitrogens with one attached hydrogen (secondary N) is 2. The van der Waals surface area contributed by atoms with E-state index >= 15 is 0 Å². The molecule has 0 aliphatic carbocycles. The molecule has 1 aromatic carbocycles.